The smallest absolute Gasteiger partial charge is 0.272 e. The molecular formula is C20H28N4O2. The fourth-order valence-electron chi connectivity index (χ4n) is 4.41. The SMILES string of the molecule is O=C(NCC1(CN2CCOCC2)CCCCC1)c1n[nH]c2ccccc12. The quantitative estimate of drug-likeness (QED) is 0.864. The van der Waals surface area contributed by atoms with E-state index < -0.39 is 0 Å². The lowest BCUT2D eigenvalue weighted by atomic mass is 9.73. The predicted octanol–water partition coefficient (Wildman–Crippen LogP) is 2.58. The highest BCUT2D eigenvalue weighted by Gasteiger charge is 2.35. The van der Waals surface area contributed by atoms with Crippen LogP contribution in [-0.2, 0) is 4.74 Å². The summed E-state index contributed by atoms with van der Waals surface area (Å²) >= 11 is 0. The highest BCUT2D eigenvalue weighted by molar-refractivity contribution is 6.04. The van der Waals surface area contributed by atoms with Gasteiger partial charge in [-0.2, -0.15) is 5.10 Å². The van der Waals surface area contributed by atoms with Gasteiger partial charge >= 0.3 is 0 Å². The molecule has 140 valence electrons. The number of nitrogens with zero attached hydrogens (tertiary/aromatic N) is 2. The average molecular weight is 356 g/mol. The van der Waals surface area contributed by atoms with Gasteiger partial charge in [0.05, 0.1) is 18.7 Å². The molecule has 6 nitrogen and oxygen atoms in total. The molecule has 1 aromatic carbocycles. The van der Waals surface area contributed by atoms with Gasteiger partial charge in [-0.15, -0.1) is 0 Å². The van der Waals surface area contributed by atoms with Crippen molar-refractivity contribution in [2.24, 2.45) is 5.41 Å². The van der Waals surface area contributed by atoms with Crippen molar-refractivity contribution >= 4 is 16.8 Å². The summed E-state index contributed by atoms with van der Waals surface area (Å²) in [5.41, 5.74) is 1.58. The van der Waals surface area contributed by atoms with Crippen LogP contribution in [0.4, 0.5) is 0 Å². The van der Waals surface area contributed by atoms with Crippen LogP contribution in [-0.4, -0.2) is 60.4 Å². The summed E-state index contributed by atoms with van der Waals surface area (Å²) in [7, 11) is 0. The van der Waals surface area contributed by atoms with Gasteiger partial charge in [-0.3, -0.25) is 14.8 Å². The number of hydrogen-bond donors (Lipinski definition) is 2. The zero-order valence-corrected chi connectivity index (χ0v) is 15.3. The highest BCUT2D eigenvalue weighted by atomic mass is 16.5. The van der Waals surface area contributed by atoms with Crippen molar-refractivity contribution in [1.82, 2.24) is 20.4 Å². The molecule has 0 atom stereocenters. The molecule has 2 N–H and O–H groups in total. The van der Waals surface area contributed by atoms with E-state index in [1.807, 2.05) is 24.3 Å². The minimum Gasteiger partial charge on any atom is -0.379 e. The average Bonchev–Trinajstić information content (AvgIpc) is 3.12. The first kappa shape index (κ1) is 17.5. The van der Waals surface area contributed by atoms with Crippen LogP contribution in [0.25, 0.3) is 10.9 Å². The van der Waals surface area contributed by atoms with E-state index in [0.717, 1.165) is 50.3 Å². The van der Waals surface area contributed by atoms with E-state index in [0.29, 0.717) is 5.69 Å². The Hall–Kier alpha value is -1.92. The number of benzene rings is 1. The van der Waals surface area contributed by atoms with Crippen LogP contribution >= 0.6 is 0 Å². The summed E-state index contributed by atoms with van der Waals surface area (Å²) in [6.07, 6.45) is 6.19. The molecule has 2 heterocycles. The number of para-hydroxylation sites is 1. The van der Waals surface area contributed by atoms with E-state index in [4.69, 9.17) is 4.74 Å². The summed E-state index contributed by atoms with van der Waals surface area (Å²) in [5, 5.41) is 11.3. The van der Waals surface area contributed by atoms with E-state index in [9.17, 15) is 4.79 Å². The van der Waals surface area contributed by atoms with Gasteiger partial charge in [-0.25, -0.2) is 0 Å². The van der Waals surface area contributed by atoms with Gasteiger partial charge in [0.2, 0.25) is 0 Å². The van der Waals surface area contributed by atoms with Gasteiger partial charge in [0, 0.05) is 37.0 Å². The van der Waals surface area contributed by atoms with Crippen LogP contribution in [0.3, 0.4) is 0 Å². The molecule has 6 heteroatoms. The topological polar surface area (TPSA) is 70.2 Å². The molecule has 2 aliphatic rings. The van der Waals surface area contributed by atoms with Gasteiger partial charge in [-0.1, -0.05) is 37.5 Å². The summed E-state index contributed by atoms with van der Waals surface area (Å²) < 4.78 is 5.49. The lowest BCUT2D eigenvalue weighted by molar-refractivity contribution is 0.00727. The number of nitrogens with one attached hydrogen (secondary N) is 2. The van der Waals surface area contributed by atoms with E-state index in [2.05, 4.69) is 20.4 Å². The van der Waals surface area contributed by atoms with Crippen molar-refractivity contribution in [3.8, 4) is 0 Å². The molecule has 1 saturated carbocycles. The number of rotatable bonds is 5. The molecule has 0 spiro atoms. The second-order valence-electron chi connectivity index (χ2n) is 7.75. The van der Waals surface area contributed by atoms with E-state index in [-0.39, 0.29) is 11.3 Å². The van der Waals surface area contributed by atoms with Crippen molar-refractivity contribution in [3.63, 3.8) is 0 Å². The lowest BCUT2D eigenvalue weighted by Gasteiger charge is -2.42. The number of ether oxygens (including phenoxy) is 1. The maximum absolute atomic E-state index is 12.8. The summed E-state index contributed by atoms with van der Waals surface area (Å²) in [6, 6.07) is 7.77. The zero-order valence-electron chi connectivity index (χ0n) is 15.3. The monoisotopic (exact) mass is 356 g/mol. The first-order chi connectivity index (χ1) is 12.8. The van der Waals surface area contributed by atoms with Crippen molar-refractivity contribution in [3.05, 3.63) is 30.0 Å². The lowest BCUT2D eigenvalue weighted by Crippen LogP contribution is -2.49. The molecular weight excluding hydrogens is 328 g/mol. The first-order valence-corrected chi connectivity index (χ1v) is 9.77. The van der Waals surface area contributed by atoms with Crippen LogP contribution in [0.1, 0.15) is 42.6 Å². The Labute approximate surface area is 154 Å². The maximum atomic E-state index is 12.8. The third kappa shape index (κ3) is 3.76. The standard InChI is InChI=1S/C20H28N4O2/c25-19(18-16-6-2-3-7-17(16)22-23-18)21-14-20(8-4-1-5-9-20)15-24-10-12-26-13-11-24/h2-3,6-7H,1,4-5,8-15H2,(H,21,25)(H,22,23). The van der Waals surface area contributed by atoms with Gasteiger partial charge in [0.1, 0.15) is 0 Å². The van der Waals surface area contributed by atoms with E-state index >= 15 is 0 Å². The van der Waals surface area contributed by atoms with Crippen LogP contribution in [0, 0.1) is 5.41 Å². The number of carbonyl (C=O) groups is 1. The minimum absolute atomic E-state index is 0.0747. The molecule has 1 aliphatic heterocycles. The predicted molar refractivity (Wildman–Crippen MR) is 101 cm³/mol. The normalized spacial score (nSPS) is 20.9. The van der Waals surface area contributed by atoms with Crippen molar-refractivity contribution in [2.75, 3.05) is 39.4 Å². The van der Waals surface area contributed by atoms with Gasteiger partial charge in [-0.05, 0) is 18.9 Å². The first-order valence-electron chi connectivity index (χ1n) is 9.77. The van der Waals surface area contributed by atoms with Crippen LogP contribution in [0.5, 0.6) is 0 Å². The molecule has 0 unspecified atom stereocenters. The summed E-state index contributed by atoms with van der Waals surface area (Å²) in [4.78, 5) is 15.3. The molecule has 2 aromatic rings. The Morgan fingerprint density at radius 2 is 1.96 bits per heavy atom. The van der Waals surface area contributed by atoms with Gasteiger partial charge in [0.25, 0.3) is 5.91 Å². The molecule has 2 fully saturated rings. The van der Waals surface area contributed by atoms with Crippen LogP contribution in [0.2, 0.25) is 0 Å². The molecule has 0 bridgehead atoms. The number of aromatic nitrogens is 2. The largest absolute Gasteiger partial charge is 0.379 e. The van der Waals surface area contributed by atoms with Crippen molar-refractivity contribution in [1.29, 1.82) is 0 Å². The number of fused-ring (bicyclic) bond motifs is 1. The number of H-pyrrole nitrogens is 1. The Kier molecular flexibility index (Phi) is 5.22. The molecule has 1 aromatic heterocycles. The third-order valence-corrected chi connectivity index (χ3v) is 5.89. The van der Waals surface area contributed by atoms with Gasteiger partial charge in [0.15, 0.2) is 5.69 Å². The number of amides is 1. The van der Waals surface area contributed by atoms with Crippen molar-refractivity contribution < 1.29 is 9.53 Å². The molecule has 4 rings (SSSR count). The second kappa shape index (κ2) is 7.76. The molecule has 1 amide bonds. The number of hydrogen-bond acceptors (Lipinski definition) is 4. The van der Waals surface area contributed by atoms with Crippen LogP contribution in [0.15, 0.2) is 24.3 Å². The number of morpholine rings is 1. The highest BCUT2D eigenvalue weighted by Crippen LogP contribution is 2.37. The Balaban J connectivity index is 1.44. The number of carbonyl (C=O) groups excluding carboxylic acids is 1. The molecule has 26 heavy (non-hydrogen) atoms. The Bertz CT molecular complexity index is 745. The van der Waals surface area contributed by atoms with E-state index in [1.165, 1.54) is 32.1 Å². The summed E-state index contributed by atoms with van der Waals surface area (Å²) in [6.45, 7) is 5.42. The maximum Gasteiger partial charge on any atom is 0.272 e. The number of aromatic amines is 1. The van der Waals surface area contributed by atoms with Crippen molar-refractivity contribution in [2.45, 2.75) is 32.1 Å². The molecule has 1 aliphatic carbocycles. The van der Waals surface area contributed by atoms with E-state index in [1.54, 1.807) is 0 Å². The fourth-order valence-corrected chi connectivity index (χ4v) is 4.41. The second-order valence-corrected chi connectivity index (χ2v) is 7.75. The van der Waals surface area contributed by atoms with Gasteiger partial charge < -0.3 is 10.1 Å². The Morgan fingerprint density at radius 1 is 1.19 bits per heavy atom. The zero-order chi connectivity index (χ0) is 17.8. The Morgan fingerprint density at radius 3 is 2.77 bits per heavy atom. The third-order valence-electron chi connectivity index (χ3n) is 5.89. The molecule has 0 radical (unpaired) electrons. The minimum atomic E-state index is -0.0747. The molecule has 1 saturated heterocycles. The van der Waals surface area contributed by atoms with Crippen LogP contribution < -0.4 is 5.32 Å². The summed E-state index contributed by atoms with van der Waals surface area (Å²) in [5.74, 6) is -0.0747. The fraction of sp³-hybridized carbons (Fsp3) is 0.600.